The fourth-order valence-corrected chi connectivity index (χ4v) is 7.29. The van der Waals surface area contributed by atoms with Crippen LogP contribution in [0.5, 0.6) is 0 Å². The maximum Gasteiger partial charge on any atom is 0.306 e. The topological polar surface area (TPSA) is 98.9 Å². The first kappa shape index (κ1) is 51.5. The Balaban J connectivity index is 4.24. The first-order chi connectivity index (χ1) is 26.0. The number of esters is 2. The van der Waals surface area contributed by atoms with Crippen molar-refractivity contribution in [2.75, 3.05) is 32.0 Å². The predicted octanol–water partition coefficient (Wildman–Crippen LogP) is 13.3. The number of hydrogen-bond donors (Lipinski definition) is 1. The Morgan fingerprint density at radius 2 is 1.02 bits per heavy atom. The zero-order valence-corrected chi connectivity index (χ0v) is 36.0. The highest BCUT2D eigenvalue weighted by Crippen LogP contribution is 2.19. The van der Waals surface area contributed by atoms with Gasteiger partial charge in [-0.3, -0.25) is 14.4 Å². The molecule has 1 amide bonds. The van der Waals surface area contributed by atoms with Crippen molar-refractivity contribution in [2.45, 2.75) is 226 Å². The molecule has 0 saturated carbocycles. The van der Waals surface area contributed by atoms with Crippen molar-refractivity contribution in [3.63, 3.8) is 0 Å². The van der Waals surface area contributed by atoms with E-state index in [0.29, 0.717) is 31.7 Å². The predicted molar refractivity (Wildman–Crippen MR) is 229 cm³/mol. The quantitative estimate of drug-likeness (QED) is 0.0376. The minimum absolute atomic E-state index is 0.0168. The zero-order chi connectivity index (χ0) is 38.9. The molecule has 0 aromatic heterocycles. The first-order valence-corrected chi connectivity index (χ1v) is 23.6. The second-order valence-electron chi connectivity index (χ2n) is 15.2. The maximum absolute atomic E-state index is 12.8. The minimum Gasteiger partial charge on any atom is -0.462 e. The number of nitrogens with two attached hydrogens (primary N) is 1. The van der Waals surface area contributed by atoms with Crippen LogP contribution in [-0.2, 0) is 19.1 Å². The van der Waals surface area contributed by atoms with Gasteiger partial charge in [0.1, 0.15) is 12.7 Å². The van der Waals surface area contributed by atoms with Gasteiger partial charge < -0.3 is 20.1 Å². The number of thioether (sulfide) groups is 1. The van der Waals surface area contributed by atoms with E-state index in [2.05, 4.69) is 26.8 Å². The lowest BCUT2D eigenvalue weighted by atomic mass is 10.0. The Morgan fingerprint density at radius 3 is 1.55 bits per heavy atom. The minimum atomic E-state index is -0.111. The number of ether oxygens (including phenoxy) is 2. The SMILES string of the molecule is CCCCCC/C=C\COC(=O)CCCCCCCN(CCCCCCCC(=O)OC(CCCCCCCC)CCCCCCCC)C(=O)SCCN. The summed E-state index contributed by atoms with van der Waals surface area (Å²) in [5, 5.41) is 0.132. The Hall–Kier alpha value is -1.54. The van der Waals surface area contributed by atoms with Gasteiger partial charge in [-0.15, -0.1) is 0 Å². The molecule has 0 aliphatic rings. The summed E-state index contributed by atoms with van der Waals surface area (Å²) in [6, 6.07) is 0. The van der Waals surface area contributed by atoms with E-state index in [9.17, 15) is 14.4 Å². The zero-order valence-electron chi connectivity index (χ0n) is 35.2. The van der Waals surface area contributed by atoms with Crippen LogP contribution in [0.1, 0.15) is 220 Å². The molecule has 312 valence electrons. The summed E-state index contributed by atoms with van der Waals surface area (Å²) in [6.45, 7) is 9.15. The van der Waals surface area contributed by atoms with Crippen molar-refractivity contribution in [1.29, 1.82) is 0 Å². The Kier molecular flexibility index (Phi) is 40.4. The summed E-state index contributed by atoms with van der Waals surface area (Å²) in [5.74, 6) is 0.520. The van der Waals surface area contributed by atoms with Crippen LogP contribution in [0.2, 0.25) is 0 Å². The van der Waals surface area contributed by atoms with Crippen LogP contribution in [-0.4, -0.2) is 60.2 Å². The average Bonchev–Trinajstić information content (AvgIpc) is 3.15. The second kappa shape index (κ2) is 41.6. The summed E-state index contributed by atoms with van der Waals surface area (Å²) in [7, 11) is 0. The molecule has 2 N–H and O–H groups in total. The molecule has 0 aromatic rings. The number of carbonyl (C=O) groups is 3. The van der Waals surface area contributed by atoms with Gasteiger partial charge in [-0.05, 0) is 64.2 Å². The van der Waals surface area contributed by atoms with Gasteiger partial charge in [-0.1, -0.05) is 167 Å². The van der Waals surface area contributed by atoms with Gasteiger partial charge in [-0.2, -0.15) is 0 Å². The molecule has 0 radical (unpaired) electrons. The fraction of sp³-hybridized carbons (Fsp3) is 0.889. The molecule has 53 heavy (non-hydrogen) atoms. The van der Waals surface area contributed by atoms with E-state index in [1.807, 2.05) is 11.0 Å². The Morgan fingerprint density at radius 1 is 0.566 bits per heavy atom. The molecular formula is C45H86N2O5S. The number of amides is 1. The third-order valence-electron chi connectivity index (χ3n) is 10.0. The van der Waals surface area contributed by atoms with E-state index in [1.165, 1.54) is 102 Å². The number of rotatable bonds is 40. The number of allylic oxidation sites excluding steroid dienone is 1. The molecule has 0 fully saturated rings. The molecule has 8 heteroatoms. The molecule has 7 nitrogen and oxygen atoms in total. The molecule has 0 heterocycles. The molecule has 0 saturated heterocycles. The molecule has 0 unspecified atom stereocenters. The van der Waals surface area contributed by atoms with Crippen LogP contribution in [0.3, 0.4) is 0 Å². The van der Waals surface area contributed by atoms with Crippen LogP contribution in [0.4, 0.5) is 4.79 Å². The van der Waals surface area contributed by atoms with E-state index < -0.39 is 0 Å². The molecule has 0 atom stereocenters. The molecular weight excluding hydrogens is 681 g/mol. The molecule has 0 aromatic carbocycles. The van der Waals surface area contributed by atoms with Gasteiger partial charge in [0.05, 0.1) is 0 Å². The highest BCUT2D eigenvalue weighted by molar-refractivity contribution is 8.13. The monoisotopic (exact) mass is 767 g/mol. The Labute approximate surface area is 332 Å². The van der Waals surface area contributed by atoms with Crippen molar-refractivity contribution >= 4 is 28.9 Å². The lowest BCUT2D eigenvalue weighted by molar-refractivity contribution is -0.150. The number of nitrogens with zero attached hydrogens (tertiary/aromatic N) is 1. The van der Waals surface area contributed by atoms with Gasteiger partial charge in [0, 0.05) is 38.2 Å². The summed E-state index contributed by atoms with van der Waals surface area (Å²) in [5.41, 5.74) is 5.67. The van der Waals surface area contributed by atoms with E-state index >= 15 is 0 Å². The molecule has 0 spiro atoms. The van der Waals surface area contributed by atoms with Gasteiger partial charge >= 0.3 is 11.9 Å². The van der Waals surface area contributed by atoms with Crippen molar-refractivity contribution < 1.29 is 23.9 Å². The summed E-state index contributed by atoms with van der Waals surface area (Å²) in [4.78, 5) is 39.6. The van der Waals surface area contributed by atoms with Gasteiger partial charge in [0.2, 0.25) is 0 Å². The van der Waals surface area contributed by atoms with E-state index in [1.54, 1.807) is 0 Å². The Bertz CT molecular complexity index is 839. The van der Waals surface area contributed by atoms with E-state index in [0.717, 1.165) is 109 Å². The van der Waals surface area contributed by atoms with E-state index in [4.69, 9.17) is 15.2 Å². The van der Waals surface area contributed by atoms with Crippen LogP contribution < -0.4 is 5.73 Å². The third kappa shape index (κ3) is 37.2. The molecule has 0 rings (SSSR count). The number of hydrogen-bond acceptors (Lipinski definition) is 7. The average molecular weight is 767 g/mol. The van der Waals surface area contributed by atoms with Gasteiger partial charge in [-0.25, -0.2) is 0 Å². The summed E-state index contributed by atoms with van der Waals surface area (Å²) in [6.07, 6.45) is 38.4. The second-order valence-corrected chi connectivity index (χ2v) is 16.2. The van der Waals surface area contributed by atoms with Crippen molar-refractivity contribution in [2.24, 2.45) is 5.73 Å². The maximum atomic E-state index is 12.8. The van der Waals surface area contributed by atoms with Crippen LogP contribution in [0, 0.1) is 0 Å². The van der Waals surface area contributed by atoms with Crippen molar-refractivity contribution in [3.05, 3.63) is 12.2 Å². The lowest BCUT2D eigenvalue weighted by Gasteiger charge is -2.22. The molecule has 0 aliphatic carbocycles. The number of carbonyl (C=O) groups excluding carboxylic acids is 3. The smallest absolute Gasteiger partial charge is 0.306 e. The van der Waals surface area contributed by atoms with Crippen LogP contribution in [0.25, 0.3) is 0 Å². The van der Waals surface area contributed by atoms with Crippen LogP contribution in [0.15, 0.2) is 12.2 Å². The summed E-state index contributed by atoms with van der Waals surface area (Å²) >= 11 is 1.33. The lowest BCUT2D eigenvalue weighted by Crippen LogP contribution is -2.30. The highest BCUT2D eigenvalue weighted by atomic mass is 32.2. The summed E-state index contributed by atoms with van der Waals surface area (Å²) < 4.78 is 11.3. The van der Waals surface area contributed by atoms with Crippen molar-refractivity contribution in [1.82, 2.24) is 4.90 Å². The normalized spacial score (nSPS) is 11.5. The fourth-order valence-electron chi connectivity index (χ4n) is 6.64. The van der Waals surface area contributed by atoms with Crippen LogP contribution >= 0.6 is 11.8 Å². The van der Waals surface area contributed by atoms with Gasteiger partial charge in [0.25, 0.3) is 5.24 Å². The highest BCUT2D eigenvalue weighted by Gasteiger charge is 2.15. The van der Waals surface area contributed by atoms with Crippen molar-refractivity contribution in [3.8, 4) is 0 Å². The first-order valence-electron chi connectivity index (χ1n) is 22.6. The third-order valence-corrected chi connectivity index (χ3v) is 11.0. The van der Waals surface area contributed by atoms with E-state index in [-0.39, 0.29) is 23.3 Å². The number of unbranched alkanes of at least 4 members (excludes halogenated alkanes) is 22. The standard InChI is InChI=1S/C45H86N2O5S/c1-4-7-10-13-16-25-32-40-51-43(48)35-28-21-17-23-30-38-47(45(50)53-41-37-46)39-31-24-18-22-29-36-44(49)52-42(33-26-19-14-11-8-5-2)34-27-20-15-12-9-6-3/h25,32,42H,4-24,26-31,33-41,46H2,1-3H3/b32-25-. The largest absolute Gasteiger partial charge is 0.462 e. The molecule has 0 bridgehead atoms. The van der Waals surface area contributed by atoms with Gasteiger partial charge in [0.15, 0.2) is 0 Å². The molecule has 0 aliphatic heterocycles.